The van der Waals surface area contributed by atoms with Crippen molar-refractivity contribution in [2.75, 3.05) is 0 Å². The minimum atomic E-state index is -1.05. The van der Waals surface area contributed by atoms with E-state index in [4.69, 9.17) is 9.63 Å². The van der Waals surface area contributed by atoms with Crippen LogP contribution >= 0.6 is 11.3 Å². The fraction of sp³-hybridized carbons (Fsp3) is 0.385. The van der Waals surface area contributed by atoms with Crippen LogP contribution in [0.5, 0.6) is 0 Å². The van der Waals surface area contributed by atoms with Gasteiger partial charge in [-0.2, -0.15) is 4.98 Å². The minimum Gasteiger partial charge on any atom is -0.480 e. The molecule has 0 aliphatic heterocycles. The number of amides is 1. The molecule has 0 saturated carbocycles. The molecule has 2 heterocycles. The van der Waals surface area contributed by atoms with Crippen LogP contribution in [0.4, 0.5) is 0 Å². The molecule has 0 aromatic carbocycles. The zero-order valence-electron chi connectivity index (χ0n) is 11.4. The summed E-state index contributed by atoms with van der Waals surface area (Å²) in [6.07, 6.45) is 1.21. The number of carboxylic acid groups (broad SMARTS) is 1. The van der Waals surface area contributed by atoms with Crippen LogP contribution in [0.3, 0.4) is 0 Å². The van der Waals surface area contributed by atoms with Gasteiger partial charge in [-0.15, -0.1) is 11.3 Å². The van der Waals surface area contributed by atoms with Gasteiger partial charge in [0.05, 0.1) is 4.88 Å². The van der Waals surface area contributed by atoms with Gasteiger partial charge in [-0.1, -0.05) is 11.2 Å². The Labute approximate surface area is 125 Å². The van der Waals surface area contributed by atoms with Crippen LogP contribution in [-0.2, 0) is 16.0 Å². The number of aliphatic carboxylic acids is 1. The van der Waals surface area contributed by atoms with Crippen molar-refractivity contribution in [2.24, 2.45) is 0 Å². The molecule has 8 heteroatoms. The van der Waals surface area contributed by atoms with Gasteiger partial charge >= 0.3 is 5.97 Å². The van der Waals surface area contributed by atoms with Gasteiger partial charge in [0.15, 0.2) is 0 Å². The number of hydrogen-bond donors (Lipinski definition) is 2. The number of carboxylic acids is 1. The summed E-state index contributed by atoms with van der Waals surface area (Å²) in [6.45, 7) is 1.42. The molecule has 2 rings (SSSR count). The number of carbonyl (C=O) groups is 2. The lowest BCUT2D eigenvalue weighted by atomic mass is 10.2. The van der Waals surface area contributed by atoms with E-state index in [1.54, 1.807) is 0 Å². The number of thiophene rings is 1. The van der Waals surface area contributed by atoms with E-state index in [-0.39, 0.29) is 12.3 Å². The summed E-state index contributed by atoms with van der Waals surface area (Å²) in [6, 6.07) is 2.93. The smallest absolute Gasteiger partial charge is 0.325 e. The van der Waals surface area contributed by atoms with Gasteiger partial charge in [-0.25, -0.2) is 0 Å². The second kappa shape index (κ2) is 6.98. The highest BCUT2D eigenvalue weighted by Crippen LogP contribution is 2.21. The summed E-state index contributed by atoms with van der Waals surface area (Å²) in [7, 11) is 0. The Morgan fingerprint density at radius 3 is 3.00 bits per heavy atom. The molecule has 2 aromatic heterocycles. The minimum absolute atomic E-state index is 0.217. The molecule has 112 valence electrons. The Kier molecular flexibility index (Phi) is 5.04. The Morgan fingerprint density at radius 1 is 1.52 bits per heavy atom. The predicted octanol–water partition coefficient (Wildman–Crippen LogP) is 1.71. The van der Waals surface area contributed by atoms with Gasteiger partial charge in [-0.3, -0.25) is 9.59 Å². The summed E-state index contributed by atoms with van der Waals surface area (Å²) >= 11 is 1.52. The maximum atomic E-state index is 11.5. The zero-order chi connectivity index (χ0) is 15.2. The number of nitrogens with zero attached hydrogens (tertiary/aromatic N) is 2. The molecular weight excluding hydrogens is 294 g/mol. The number of aromatic nitrogens is 2. The molecule has 1 amide bonds. The van der Waals surface area contributed by atoms with Crippen LogP contribution in [-0.4, -0.2) is 33.2 Å². The van der Waals surface area contributed by atoms with Gasteiger partial charge in [0, 0.05) is 12.8 Å². The second-order valence-electron chi connectivity index (χ2n) is 4.47. The summed E-state index contributed by atoms with van der Waals surface area (Å²) in [4.78, 5) is 27.3. The molecule has 7 nitrogen and oxygen atoms in total. The van der Waals surface area contributed by atoms with E-state index in [2.05, 4.69) is 15.5 Å². The first-order chi connectivity index (χ1) is 10.1. The van der Waals surface area contributed by atoms with Crippen LogP contribution in [0.15, 0.2) is 22.0 Å². The van der Waals surface area contributed by atoms with Gasteiger partial charge in [0.1, 0.15) is 6.04 Å². The van der Waals surface area contributed by atoms with Crippen LogP contribution in [0.2, 0.25) is 0 Å². The fourth-order valence-electron chi connectivity index (χ4n) is 1.64. The van der Waals surface area contributed by atoms with Crippen molar-refractivity contribution >= 4 is 23.2 Å². The van der Waals surface area contributed by atoms with Crippen molar-refractivity contribution in [3.63, 3.8) is 0 Å². The van der Waals surface area contributed by atoms with Crippen molar-refractivity contribution in [1.29, 1.82) is 0 Å². The number of aryl methyl sites for hydroxylation is 1. The highest BCUT2D eigenvalue weighted by molar-refractivity contribution is 7.13. The molecule has 21 heavy (non-hydrogen) atoms. The van der Waals surface area contributed by atoms with E-state index in [9.17, 15) is 9.59 Å². The number of hydrogen-bond acceptors (Lipinski definition) is 6. The number of nitrogens with one attached hydrogen (secondary N) is 1. The molecule has 0 saturated heterocycles. The molecule has 1 unspecified atom stereocenters. The SMILES string of the molecule is CC(NC(=O)CCCc1nc(-c2cccs2)no1)C(=O)O. The van der Waals surface area contributed by atoms with Crippen molar-refractivity contribution in [1.82, 2.24) is 15.5 Å². The third-order valence-corrected chi connectivity index (χ3v) is 3.62. The summed E-state index contributed by atoms with van der Waals surface area (Å²) in [5.74, 6) is -0.342. The molecule has 0 spiro atoms. The van der Waals surface area contributed by atoms with E-state index in [0.29, 0.717) is 24.6 Å². The quantitative estimate of drug-likeness (QED) is 0.806. The Hall–Kier alpha value is -2.22. The van der Waals surface area contributed by atoms with Crippen LogP contribution in [0, 0.1) is 0 Å². The Morgan fingerprint density at radius 2 is 2.33 bits per heavy atom. The maximum absolute atomic E-state index is 11.5. The molecule has 0 aliphatic carbocycles. The van der Waals surface area contributed by atoms with Crippen molar-refractivity contribution in [2.45, 2.75) is 32.2 Å². The predicted molar refractivity (Wildman–Crippen MR) is 75.8 cm³/mol. The molecule has 2 N–H and O–H groups in total. The molecule has 0 radical (unpaired) electrons. The van der Waals surface area contributed by atoms with Gasteiger partial charge in [0.25, 0.3) is 0 Å². The molecule has 2 aromatic rings. The van der Waals surface area contributed by atoms with E-state index in [1.807, 2.05) is 17.5 Å². The monoisotopic (exact) mass is 309 g/mol. The first-order valence-corrected chi connectivity index (χ1v) is 7.33. The third-order valence-electron chi connectivity index (χ3n) is 2.75. The van der Waals surface area contributed by atoms with Crippen molar-refractivity contribution in [3.8, 4) is 10.7 Å². The summed E-state index contributed by atoms with van der Waals surface area (Å²) in [5, 5.41) is 16.9. The van der Waals surface area contributed by atoms with Gasteiger partial charge in [0.2, 0.25) is 17.6 Å². The molecular formula is C13H15N3O4S. The largest absolute Gasteiger partial charge is 0.480 e. The standard InChI is InChI=1S/C13H15N3O4S/c1-8(13(18)19)14-10(17)5-2-6-11-15-12(16-20-11)9-4-3-7-21-9/h3-4,7-8H,2,5-6H2,1H3,(H,14,17)(H,18,19). The van der Waals surface area contributed by atoms with Crippen LogP contribution in [0.1, 0.15) is 25.7 Å². The maximum Gasteiger partial charge on any atom is 0.325 e. The van der Waals surface area contributed by atoms with E-state index in [1.165, 1.54) is 18.3 Å². The van der Waals surface area contributed by atoms with Crippen LogP contribution < -0.4 is 5.32 Å². The first-order valence-electron chi connectivity index (χ1n) is 6.45. The van der Waals surface area contributed by atoms with E-state index >= 15 is 0 Å². The van der Waals surface area contributed by atoms with Crippen LogP contribution in [0.25, 0.3) is 10.7 Å². The lowest BCUT2D eigenvalue weighted by Gasteiger charge is -2.08. The van der Waals surface area contributed by atoms with E-state index in [0.717, 1.165) is 4.88 Å². The Balaban J connectivity index is 1.76. The number of carbonyl (C=O) groups excluding carboxylic acids is 1. The summed E-state index contributed by atoms with van der Waals surface area (Å²) < 4.78 is 5.11. The third kappa shape index (κ3) is 4.38. The average Bonchev–Trinajstić information content (AvgIpc) is 3.08. The normalized spacial score (nSPS) is 12.0. The zero-order valence-corrected chi connectivity index (χ0v) is 12.2. The highest BCUT2D eigenvalue weighted by atomic mass is 32.1. The van der Waals surface area contributed by atoms with Gasteiger partial charge in [-0.05, 0) is 24.8 Å². The lowest BCUT2D eigenvalue weighted by molar-refractivity contribution is -0.141. The second-order valence-corrected chi connectivity index (χ2v) is 5.42. The van der Waals surface area contributed by atoms with Crippen molar-refractivity contribution < 1.29 is 19.2 Å². The lowest BCUT2D eigenvalue weighted by Crippen LogP contribution is -2.38. The molecule has 0 fully saturated rings. The first kappa shape index (κ1) is 15.2. The highest BCUT2D eigenvalue weighted by Gasteiger charge is 2.14. The fourth-order valence-corrected chi connectivity index (χ4v) is 2.29. The molecule has 0 aliphatic rings. The van der Waals surface area contributed by atoms with Gasteiger partial charge < -0.3 is 14.9 Å². The Bertz CT molecular complexity index is 609. The topological polar surface area (TPSA) is 105 Å². The average molecular weight is 309 g/mol. The molecule has 1 atom stereocenters. The van der Waals surface area contributed by atoms with Crippen molar-refractivity contribution in [3.05, 3.63) is 23.4 Å². The van der Waals surface area contributed by atoms with E-state index < -0.39 is 12.0 Å². The number of rotatable bonds is 7. The molecule has 0 bridgehead atoms. The summed E-state index contributed by atoms with van der Waals surface area (Å²) in [5.41, 5.74) is 0.